The summed E-state index contributed by atoms with van der Waals surface area (Å²) in [5.74, 6) is 0.228. The van der Waals surface area contributed by atoms with Crippen LogP contribution < -0.4 is 4.74 Å². The van der Waals surface area contributed by atoms with Crippen molar-refractivity contribution in [1.29, 1.82) is 0 Å². The lowest BCUT2D eigenvalue weighted by Crippen LogP contribution is -2.15. The third-order valence-electron chi connectivity index (χ3n) is 4.34. The van der Waals surface area contributed by atoms with Gasteiger partial charge in [0.25, 0.3) is 0 Å². The second-order valence-electron chi connectivity index (χ2n) is 6.14. The molecule has 0 unspecified atom stereocenters. The maximum Gasteiger partial charge on any atom is 0.344 e. The van der Waals surface area contributed by atoms with Crippen molar-refractivity contribution in [3.05, 3.63) is 64.3 Å². The molecule has 0 saturated heterocycles. The fourth-order valence-electron chi connectivity index (χ4n) is 2.61. The van der Waals surface area contributed by atoms with Crippen molar-refractivity contribution in [3.8, 4) is 5.75 Å². The van der Waals surface area contributed by atoms with Crippen molar-refractivity contribution in [1.82, 2.24) is 4.98 Å². The van der Waals surface area contributed by atoms with Gasteiger partial charge in [-0.3, -0.25) is 0 Å². The minimum atomic E-state index is -0.454. The zero-order valence-corrected chi connectivity index (χ0v) is 17.0. The molecule has 27 heavy (non-hydrogen) atoms. The SMILES string of the molecule is CSc1ccc2cc(COC(=O)COc3cccc(C)c3C)c(Cl)nc2c1. The molecule has 4 nitrogen and oxygen atoms in total. The Labute approximate surface area is 167 Å². The zero-order chi connectivity index (χ0) is 19.4. The molecule has 3 aromatic rings. The van der Waals surface area contributed by atoms with E-state index in [0.717, 1.165) is 26.9 Å². The number of esters is 1. The van der Waals surface area contributed by atoms with Crippen LogP contribution in [0.3, 0.4) is 0 Å². The topological polar surface area (TPSA) is 48.4 Å². The number of aryl methyl sites for hydroxylation is 1. The van der Waals surface area contributed by atoms with Crippen molar-refractivity contribution >= 4 is 40.2 Å². The Bertz CT molecular complexity index is 991. The van der Waals surface area contributed by atoms with Gasteiger partial charge in [0.05, 0.1) is 5.52 Å². The number of hydrogen-bond acceptors (Lipinski definition) is 5. The van der Waals surface area contributed by atoms with Crippen LogP contribution in [-0.2, 0) is 16.1 Å². The van der Waals surface area contributed by atoms with Gasteiger partial charge in [-0.1, -0.05) is 29.8 Å². The van der Waals surface area contributed by atoms with Crippen LogP contribution in [0.4, 0.5) is 0 Å². The number of benzene rings is 2. The number of nitrogens with zero attached hydrogens (tertiary/aromatic N) is 1. The molecule has 3 rings (SSSR count). The molecular formula is C21H20ClNO3S. The van der Waals surface area contributed by atoms with Gasteiger partial charge in [-0.15, -0.1) is 11.8 Å². The lowest BCUT2D eigenvalue weighted by Gasteiger charge is -2.11. The van der Waals surface area contributed by atoms with E-state index in [0.29, 0.717) is 16.5 Å². The number of ether oxygens (including phenoxy) is 2. The summed E-state index contributed by atoms with van der Waals surface area (Å²) >= 11 is 7.90. The molecule has 6 heteroatoms. The Balaban J connectivity index is 1.63. The molecule has 0 N–H and O–H groups in total. The lowest BCUT2D eigenvalue weighted by atomic mass is 10.1. The lowest BCUT2D eigenvalue weighted by molar-refractivity contribution is -0.147. The molecule has 0 fully saturated rings. The van der Waals surface area contributed by atoms with E-state index < -0.39 is 5.97 Å². The molecule has 140 valence electrons. The molecule has 0 saturated carbocycles. The number of pyridine rings is 1. The summed E-state index contributed by atoms with van der Waals surface area (Å²) in [6, 6.07) is 13.6. The third-order valence-corrected chi connectivity index (χ3v) is 5.39. The van der Waals surface area contributed by atoms with Crippen LogP contribution in [0.5, 0.6) is 5.75 Å². The van der Waals surface area contributed by atoms with Crippen molar-refractivity contribution in [2.75, 3.05) is 12.9 Å². The minimum Gasteiger partial charge on any atom is -0.482 e. The van der Waals surface area contributed by atoms with E-state index in [1.165, 1.54) is 0 Å². The van der Waals surface area contributed by atoms with Gasteiger partial charge in [0, 0.05) is 15.8 Å². The molecule has 0 spiro atoms. The molecule has 0 aliphatic rings. The van der Waals surface area contributed by atoms with E-state index in [1.807, 2.05) is 62.6 Å². The molecule has 0 aliphatic heterocycles. The fourth-order valence-corrected chi connectivity index (χ4v) is 3.25. The Morgan fingerprint density at radius 3 is 2.78 bits per heavy atom. The summed E-state index contributed by atoms with van der Waals surface area (Å²) in [5.41, 5.74) is 3.61. The first-order chi connectivity index (χ1) is 13.0. The number of fused-ring (bicyclic) bond motifs is 1. The quantitative estimate of drug-likeness (QED) is 0.316. The number of carbonyl (C=O) groups excluding carboxylic acids is 1. The summed E-state index contributed by atoms with van der Waals surface area (Å²) in [6.07, 6.45) is 2.01. The van der Waals surface area contributed by atoms with Crippen molar-refractivity contribution in [2.24, 2.45) is 0 Å². The van der Waals surface area contributed by atoms with Gasteiger partial charge in [0.15, 0.2) is 6.61 Å². The third kappa shape index (κ3) is 4.73. The molecule has 2 aromatic carbocycles. The Morgan fingerprint density at radius 2 is 2.00 bits per heavy atom. The van der Waals surface area contributed by atoms with Gasteiger partial charge >= 0.3 is 5.97 Å². The highest BCUT2D eigenvalue weighted by molar-refractivity contribution is 7.98. The first-order valence-electron chi connectivity index (χ1n) is 8.45. The first kappa shape index (κ1) is 19.5. The van der Waals surface area contributed by atoms with Gasteiger partial charge in [0.1, 0.15) is 17.5 Å². The molecule has 0 atom stereocenters. The number of hydrogen-bond donors (Lipinski definition) is 0. The average Bonchev–Trinajstić information content (AvgIpc) is 2.67. The molecule has 0 aliphatic carbocycles. The van der Waals surface area contributed by atoms with E-state index >= 15 is 0 Å². The van der Waals surface area contributed by atoms with Gasteiger partial charge < -0.3 is 9.47 Å². The van der Waals surface area contributed by atoms with Crippen molar-refractivity contribution in [3.63, 3.8) is 0 Å². The molecule has 1 heterocycles. The molecule has 0 bridgehead atoms. The standard InChI is InChI=1S/C21H20ClNO3S/c1-13-5-4-6-19(14(13)2)25-12-20(24)26-11-16-9-15-7-8-17(27-3)10-18(15)23-21(16)22/h4-10H,11-12H2,1-3H3. The summed E-state index contributed by atoms with van der Waals surface area (Å²) in [7, 11) is 0. The van der Waals surface area contributed by atoms with Crippen LogP contribution in [-0.4, -0.2) is 23.8 Å². The van der Waals surface area contributed by atoms with Crippen LogP contribution in [0.15, 0.2) is 47.4 Å². The molecule has 0 radical (unpaired) electrons. The molecule has 1 aromatic heterocycles. The van der Waals surface area contributed by atoms with Crippen LogP contribution >= 0.6 is 23.4 Å². The highest BCUT2D eigenvalue weighted by Gasteiger charge is 2.11. The van der Waals surface area contributed by atoms with Crippen LogP contribution in [0, 0.1) is 13.8 Å². The Kier molecular flexibility index (Phi) is 6.24. The molecular weight excluding hydrogens is 382 g/mol. The predicted octanol–water partition coefficient (Wildman–Crippen LogP) is 5.35. The van der Waals surface area contributed by atoms with E-state index in [-0.39, 0.29) is 13.2 Å². The van der Waals surface area contributed by atoms with Crippen LogP contribution in [0.1, 0.15) is 16.7 Å². The second-order valence-corrected chi connectivity index (χ2v) is 7.38. The number of thioether (sulfide) groups is 1. The van der Waals surface area contributed by atoms with Crippen LogP contribution in [0.2, 0.25) is 5.15 Å². The predicted molar refractivity (Wildman–Crippen MR) is 110 cm³/mol. The van der Waals surface area contributed by atoms with E-state index in [2.05, 4.69) is 4.98 Å². The largest absolute Gasteiger partial charge is 0.482 e. The number of rotatable bonds is 6. The van der Waals surface area contributed by atoms with Gasteiger partial charge in [-0.2, -0.15) is 0 Å². The number of carbonyl (C=O) groups is 1. The van der Waals surface area contributed by atoms with Crippen molar-refractivity contribution in [2.45, 2.75) is 25.3 Å². The van der Waals surface area contributed by atoms with Crippen LogP contribution in [0.25, 0.3) is 10.9 Å². The summed E-state index contributed by atoms with van der Waals surface area (Å²) in [4.78, 5) is 17.6. The minimum absolute atomic E-state index is 0.0566. The molecule has 0 amide bonds. The maximum absolute atomic E-state index is 12.0. The smallest absolute Gasteiger partial charge is 0.344 e. The first-order valence-corrected chi connectivity index (χ1v) is 10.1. The highest BCUT2D eigenvalue weighted by Crippen LogP contribution is 2.25. The zero-order valence-electron chi connectivity index (χ0n) is 15.4. The highest BCUT2D eigenvalue weighted by atomic mass is 35.5. The summed E-state index contributed by atoms with van der Waals surface area (Å²) < 4.78 is 10.9. The normalized spacial score (nSPS) is 10.8. The monoisotopic (exact) mass is 401 g/mol. The summed E-state index contributed by atoms with van der Waals surface area (Å²) in [6.45, 7) is 3.86. The number of halogens is 1. The number of aromatic nitrogens is 1. The van der Waals surface area contributed by atoms with Gasteiger partial charge in [-0.25, -0.2) is 9.78 Å². The van der Waals surface area contributed by atoms with Crippen molar-refractivity contribution < 1.29 is 14.3 Å². The van der Waals surface area contributed by atoms with Gasteiger partial charge in [-0.05, 0) is 55.5 Å². The van der Waals surface area contributed by atoms with E-state index in [1.54, 1.807) is 11.8 Å². The second kappa shape index (κ2) is 8.63. The maximum atomic E-state index is 12.0. The Hall–Kier alpha value is -2.24. The Morgan fingerprint density at radius 1 is 1.19 bits per heavy atom. The average molecular weight is 402 g/mol. The fraction of sp³-hybridized carbons (Fsp3) is 0.238. The summed E-state index contributed by atoms with van der Waals surface area (Å²) in [5, 5.41) is 1.29. The van der Waals surface area contributed by atoms with Gasteiger partial charge in [0.2, 0.25) is 0 Å². The van der Waals surface area contributed by atoms with E-state index in [9.17, 15) is 4.79 Å². The van der Waals surface area contributed by atoms with E-state index in [4.69, 9.17) is 21.1 Å².